The summed E-state index contributed by atoms with van der Waals surface area (Å²) in [6.07, 6.45) is 2.98. The lowest BCUT2D eigenvalue weighted by Gasteiger charge is -1.95. The minimum atomic E-state index is 0.427. The topological polar surface area (TPSA) is 68.0 Å². The summed E-state index contributed by atoms with van der Waals surface area (Å²) in [5.74, 6) is 0.427. The number of nitrogens with zero attached hydrogens (tertiary/aromatic N) is 1. The highest BCUT2D eigenvalue weighted by molar-refractivity contribution is 5.71. The highest BCUT2D eigenvalue weighted by atomic mass is 16.1. The molecule has 0 bridgehead atoms. The first-order valence-electron chi connectivity index (χ1n) is 2.67. The summed E-state index contributed by atoms with van der Waals surface area (Å²) in [6, 6.07) is 3.24. The summed E-state index contributed by atoms with van der Waals surface area (Å²) >= 11 is 0. The lowest BCUT2D eigenvalue weighted by molar-refractivity contribution is 0.561. The van der Waals surface area contributed by atoms with Gasteiger partial charge in [0, 0.05) is 0 Å². The Morgan fingerprint density at radius 3 is 2.90 bits per heavy atom. The lowest BCUT2D eigenvalue weighted by Crippen LogP contribution is -1.95. The zero-order chi connectivity index (χ0) is 7.40. The van der Waals surface area contributed by atoms with Gasteiger partial charge in [-0.25, -0.2) is 4.98 Å². The Kier molecular flexibility index (Phi) is 1.84. The van der Waals surface area contributed by atoms with Gasteiger partial charge >= 0.3 is 6.41 Å². The average Bonchev–Trinajstić information content (AvgIpc) is 1.95. The first-order valence-corrected chi connectivity index (χ1v) is 2.67. The third-order valence-electron chi connectivity index (χ3n) is 0.982. The van der Waals surface area contributed by atoms with E-state index in [-0.39, 0.29) is 0 Å². The molecule has 0 fully saturated rings. The van der Waals surface area contributed by atoms with E-state index in [4.69, 9.17) is 5.73 Å². The zero-order valence-corrected chi connectivity index (χ0v) is 5.16. The Balaban J connectivity index is 2.78. The summed E-state index contributed by atoms with van der Waals surface area (Å²) in [6.45, 7) is 0. The molecule has 1 aromatic heterocycles. The second-order valence-corrected chi connectivity index (χ2v) is 1.70. The van der Waals surface area contributed by atoms with Crippen LogP contribution in [-0.2, 0) is 4.79 Å². The molecule has 0 aliphatic carbocycles. The van der Waals surface area contributed by atoms with Crippen molar-refractivity contribution in [3.05, 3.63) is 18.3 Å². The van der Waals surface area contributed by atoms with Crippen molar-refractivity contribution in [2.24, 2.45) is 0 Å². The predicted octanol–water partition coefficient (Wildman–Crippen LogP) is 0.143. The summed E-state index contributed by atoms with van der Waals surface area (Å²) in [4.78, 5) is 13.5. The van der Waals surface area contributed by atoms with E-state index in [9.17, 15) is 4.79 Å². The molecule has 1 rings (SSSR count). The number of anilines is 2. The molecule has 10 heavy (non-hydrogen) atoms. The number of nitrogen functional groups attached to an aromatic ring is 1. The molecule has 0 saturated carbocycles. The monoisotopic (exact) mass is 136 g/mol. The van der Waals surface area contributed by atoms with Gasteiger partial charge in [0.2, 0.25) is 0 Å². The molecule has 0 aliphatic heterocycles. The molecule has 1 aromatic rings. The van der Waals surface area contributed by atoms with Crippen molar-refractivity contribution in [1.29, 1.82) is 0 Å². The highest BCUT2D eigenvalue weighted by Gasteiger charge is 1.88. The standard InChI is InChI=1S/C6H6N3O/c7-6-2-1-5(3-8-6)9-4-10/h1-3H,(H2,7,8)(H,9,10). The lowest BCUT2D eigenvalue weighted by atomic mass is 10.4. The fraction of sp³-hybridized carbons (Fsp3) is 0. The number of rotatable bonds is 2. The molecular weight excluding hydrogens is 130 g/mol. The molecule has 1 amide bonds. The first kappa shape index (κ1) is 6.54. The van der Waals surface area contributed by atoms with Gasteiger partial charge in [-0.05, 0) is 12.1 Å². The molecule has 0 aromatic carbocycles. The van der Waals surface area contributed by atoms with Crippen molar-refractivity contribution in [3.8, 4) is 0 Å². The molecular formula is C6H6N3O. The van der Waals surface area contributed by atoms with Crippen LogP contribution < -0.4 is 11.1 Å². The maximum Gasteiger partial charge on any atom is 0.314 e. The van der Waals surface area contributed by atoms with Gasteiger partial charge in [-0.1, -0.05) is 0 Å². The number of nitrogens with two attached hydrogens (primary N) is 1. The zero-order valence-electron chi connectivity index (χ0n) is 5.16. The maximum absolute atomic E-state index is 9.76. The predicted molar refractivity (Wildman–Crippen MR) is 38.0 cm³/mol. The molecule has 3 N–H and O–H groups in total. The van der Waals surface area contributed by atoms with E-state index in [1.165, 1.54) is 12.6 Å². The van der Waals surface area contributed by atoms with E-state index in [2.05, 4.69) is 10.3 Å². The quantitative estimate of drug-likeness (QED) is 0.568. The molecule has 0 saturated heterocycles. The minimum Gasteiger partial charge on any atom is -0.384 e. The second-order valence-electron chi connectivity index (χ2n) is 1.70. The van der Waals surface area contributed by atoms with Crippen LogP contribution in [-0.4, -0.2) is 11.4 Å². The summed E-state index contributed by atoms with van der Waals surface area (Å²) in [7, 11) is 0. The van der Waals surface area contributed by atoms with Gasteiger partial charge in [-0.15, -0.1) is 0 Å². The van der Waals surface area contributed by atoms with Crippen LogP contribution >= 0.6 is 0 Å². The van der Waals surface area contributed by atoms with Gasteiger partial charge < -0.3 is 11.1 Å². The van der Waals surface area contributed by atoms with Gasteiger partial charge in [-0.3, -0.25) is 4.79 Å². The van der Waals surface area contributed by atoms with Gasteiger partial charge in [0.1, 0.15) is 5.82 Å². The maximum atomic E-state index is 9.76. The fourth-order valence-electron chi connectivity index (χ4n) is 0.538. The molecule has 0 aliphatic rings. The molecule has 0 spiro atoms. The van der Waals surface area contributed by atoms with Gasteiger partial charge in [0.25, 0.3) is 0 Å². The number of nitrogens with one attached hydrogen (secondary N) is 1. The minimum absolute atomic E-state index is 0.427. The summed E-state index contributed by atoms with van der Waals surface area (Å²) in [5.41, 5.74) is 5.87. The molecule has 0 unspecified atom stereocenters. The number of carbonyl (C=O) groups excluding carboxylic acids is 1. The van der Waals surface area contributed by atoms with Crippen LogP contribution in [0, 0.1) is 0 Å². The Hall–Kier alpha value is -1.58. The molecule has 0 atom stereocenters. The van der Waals surface area contributed by atoms with E-state index in [1.54, 1.807) is 12.1 Å². The van der Waals surface area contributed by atoms with Crippen molar-refractivity contribution in [2.45, 2.75) is 0 Å². The number of aromatic nitrogens is 1. The van der Waals surface area contributed by atoms with Crippen molar-refractivity contribution in [2.75, 3.05) is 11.1 Å². The third-order valence-corrected chi connectivity index (χ3v) is 0.982. The van der Waals surface area contributed by atoms with Crippen molar-refractivity contribution >= 4 is 17.9 Å². The summed E-state index contributed by atoms with van der Waals surface area (Å²) < 4.78 is 0. The van der Waals surface area contributed by atoms with Crippen LogP contribution in [0.3, 0.4) is 0 Å². The highest BCUT2D eigenvalue weighted by Crippen LogP contribution is 2.04. The van der Waals surface area contributed by atoms with Gasteiger partial charge in [0.15, 0.2) is 0 Å². The number of amides is 1. The third kappa shape index (κ3) is 1.45. The number of hydrogen-bond donors (Lipinski definition) is 2. The van der Waals surface area contributed by atoms with E-state index in [1.807, 2.05) is 0 Å². The second kappa shape index (κ2) is 2.82. The van der Waals surface area contributed by atoms with E-state index < -0.39 is 0 Å². The van der Waals surface area contributed by atoms with Crippen LogP contribution in [0.1, 0.15) is 0 Å². The molecule has 1 radical (unpaired) electrons. The smallest absolute Gasteiger partial charge is 0.314 e. The SMILES string of the molecule is Nc1ccc(N[C]=O)cn1. The van der Waals surface area contributed by atoms with Crippen LogP contribution in [0.25, 0.3) is 0 Å². The van der Waals surface area contributed by atoms with E-state index >= 15 is 0 Å². The largest absolute Gasteiger partial charge is 0.384 e. The Morgan fingerprint density at radius 2 is 2.40 bits per heavy atom. The Morgan fingerprint density at radius 1 is 1.60 bits per heavy atom. The van der Waals surface area contributed by atoms with Crippen LogP contribution in [0.2, 0.25) is 0 Å². The first-order chi connectivity index (χ1) is 4.83. The van der Waals surface area contributed by atoms with Gasteiger partial charge in [-0.2, -0.15) is 0 Å². The van der Waals surface area contributed by atoms with Crippen LogP contribution in [0.4, 0.5) is 11.5 Å². The molecule has 51 valence electrons. The van der Waals surface area contributed by atoms with Crippen molar-refractivity contribution in [3.63, 3.8) is 0 Å². The Labute approximate surface area is 58.1 Å². The van der Waals surface area contributed by atoms with E-state index in [0.717, 1.165) is 0 Å². The number of hydrogen-bond acceptors (Lipinski definition) is 3. The molecule has 4 nitrogen and oxygen atoms in total. The Bertz CT molecular complexity index is 219. The van der Waals surface area contributed by atoms with Gasteiger partial charge in [0.05, 0.1) is 11.9 Å². The van der Waals surface area contributed by atoms with E-state index in [0.29, 0.717) is 11.5 Å². The van der Waals surface area contributed by atoms with Crippen molar-refractivity contribution < 1.29 is 4.79 Å². The van der Waals surface area contributed by atoms with Crippen LogP contribution in [0.5, 0.6) is 0 Å². The van der Waals surface area contributed by atoms with Crippen molar-refractivity contribution in [1.82, 2.24) is 4.98 Å². The molecule has 1 heterocycles. The normalized spacial score (nSPS) is 8.80. The molecule has 4 heteroatoms. The number of pyridine rings is 1. The van der Waals surface area contributed by atoms with Crippen LogP contribution in [0.15, 0.2) is 18.3 Å². The summed E-state index contributed by atoms with van der Waals surface area (Å²) in [5, 5.41) is 2.31. The average molecular weight is 136 g/mol. The fourth-order valence-corrected chi connectivity index (χ4v) is 0.538.